The summed E-state index contributed by atoms with van der Waals surface area (Å²) in [6.07, 6.45) is 1.68. The average molecular weight is 380 g/mol. The highest BCUT2D eigenvalue weighted by atomic mass is 16.5. The molecule has 0 saturated heterocycles. The Hall–Kier alpha value is -3.35. The number of rotatable bonds is 7. The fraction of sp³-hybridized carbons (Fsp3) is 0.286. The van der Waals surface area contributed by atoms with Crippen molar-refractivity contribution in [2.45, 2.75) is 33.5 Å². The van der Waals surface area contributed by atoms with E-state index >= 15 is 0 Å². The van der Waals surface area contributed by atoms with Crippen molar-refractivity contribution in [2.24, 2.45) is 0 Å². The van der Waals surface area contributed by atoms with Gasteiger partial charge in [0.25, 0.3) is 0 Å². The summed E-state index contributed by atoms with van der Waals surface area (Å²) in [6, 6.07) is 13.4. The van der Waals surface area contributed by atoms with Crippen molar-refractivity contribution in [3.8, 4) is 5.88 Å². The van der Waals surface area contributed by atoms with Gasteiger partial charge in [0.2, 0.25) is 5.88 Å². The van der Waals surface area contributed by atoms with Crippen LogP contribution in [-0.4, -0.2) is 28.1 Å². The van der Waals surface area contributed by atoms with Gasteiger partial charge < -0.3 is 19.5 Å². The summed E-state index contributed by atoms with van der Waals surface area (Å²) < 4.78 is 10.9. The summed E-state index contributed by atoms with van der Waals surface area (Å²) in [5.41, 5.74) is 3.71. The zero-order valence-electron chi connectivity index (χ0n) is 16.3. The van der Waals surface area contributed by atoms with E-state index in [9.17, 15) is 4.79 Å². The first-order chi connectivity index (χ1) is 13.5. The summed E-state index contributed by atoms with van der Waals surface area (Å²) in [7, 11) is 1.74. The normalized spacial score (nSPS) is 10.5. The molecule has 0 saturated carbocycles. The van der Waals surface area contributed by atoms with Crippen LogP contribution in [0.2, 0.25) is 0 Å². The number of pyridine rings is 1. The maximum Gasteiger partial charge on any atom is 0.317 e. The van der Waals surface area contributed by atoms with Crippen LogP contribution in [0.15, 0.2) is 53.2 Å². The van der Waals surface area contributed by atoms with E-state index in [2.05, 4.69) is 15.5 Å². The molecular formula is C21H24N4O3. The van der Waals surface area contributed by atoms with Gasteiger partial charge in [0.05, 0.1) is 12.2 Å². The molecule has 1 aromatic carbocycles. The van der Waals surface area contributed by atoms with Gasteiger partial charge in [-0.25, -0.2) is 9.78 Å². The molecule has 2 heterocycles. The Balaban J connectivity index is 1.51. The molecular weight excluding hydrogens is 356 g/mol. The second-order valence-corrected chi connectivity index (χ2v) is 6.59. The van der Waals surface area contributed by atoms with E-state index in [1.807, 2.05) is 56.3 Å². The molecule has 146 valence electrons. The third kappa shape index (κ3) is 5.09. The molecule has 3 aromatic rings. The van der Waals surface area contributed by atoms with Crippen molar-refractivity contribution in [3.63, 3.8) is 0 Å². The number of ether oxygens (including phenoxy) is 1. The first kappa shape index (κ1) is 19.4. The molecule has 7 nitrogen and oxygen atoms in total. The monoisotopic (exact) mass is 380 g/mol. The van der Waals surface area contributed by atoms with E-state index in [1.54, 1.807) is 18.1 Å². The van der Waals surface area contributed by atoms with Crippen LogP contribution in [0.3, 0.4) is 0 Å². The smallest absolute Gasteiger partial charge is 0.317 e. The zero-order chi connectivity index (χ0) is 19.9. The predicted octanol–water partition coefficient (Wildman–Crippen LogP) is 3.61. The van der Waals surface area contributed by atoms with Crippen molar-refractivity contribution in [1.29, 1.82) is 0 Å². The number of nitrogens with one attached hydrogen (secondary N) is 1. The van der Waals surface area contributed by atoms with Crippen molar-refractivity contribution in [1.82, 2.24) is 20.4 Å². The lowest BCUT2D eigenvalue weighted by atomic mass is 10.2. The number of hydrogen-bond acceptors (Lipinski definition) is 5. The number of carbonyl (C=O) groups is 1. The Morgan fingerprint density at radius 3 is 2.68 bits per heavy atom. The molecule has 0 fully saturated rings. The lowest BCUT2D eigenvalue weighted by molar-refractivity contribution is 0.206. The summed E-state index contributed by atoms with van der Waals surface area (Å²) in [6.45, 7) is 4.98. The molecule has 0 bridgehead atoms. The first-order valence-corrected chi connectivity index (χ1v) is 9.05. The minimum Gasteiger partial charge on any atom is -0.473 e. The standard InChI is InChI=1S/C21H24N4O3/c1-15-19(16(2)28-24-15)13-25(3)21(26)23-12-18-9-10-22-20(11-18)27-14-17-7-5-4-6-8-17/h4-11H,12-14H2,1-3H3,(H,23,26). The lowest BCUT2D eigenvalue weighted by Gasteiger charge is -2.18. The summed E-state index contributed by atoms with van der Waals surface area (Å²) >= 11 is 0. The molecule has 0 spiro atoms. The van der Waals surface area contributed by atoms with Crippen LogP contribution in [0.25, 0.3) is 0 Å². The molecule has 0 aliphatic heterocycles. The predicted molar refractivity (Wildman–Crippen MR) is 105 cm³/mol. The number of aromatic nitrogens is 2. The number of aryl methyl sites for hydroxylation is 2. The van der Waals surface area contributed by atoms with Gasteiger partial charge in [-0.3, -0.25) is 0 Å². The highest BCUT2D eigenvalue weighted by Gasteiger charge is 2.15. The quantitative estimate of drug-likeness (QED) is 0.677. The van der Waals surface area contributed by atoms with Crippen LogP contribution in [-0.2, 0) is 19.7 Å². The summed E-state index contributed by atoms with van der Waals surface area (Å²) in [4.78, 5) is 18.2. The minimum atomic E-state index is -0.177. The third-order valence-corrected chi connectivity index (χ3v) is 4.40. The molecule has 3 rings (SSSR count). The van der Waals surface area contributed by atoms with Crippen molar-refractivity contribution < 1.29 is 14.1 Å². The van der Waals surface area contributed by atoms with Gasteiger partial charge in [-0.1, -0.05) is 35.5 Å². The molecule has 0 unspecified atom stereocenters. The van der Waals surface area contributed by atoms with E-state index in [0.717, 1.165) is 28.1 Å². The molecule has 0 aliphatic carbocycles. The Morgan fingerprint density at radius 2 is 1.96 bits per heavy atom. The average Bonchev–Trinajstić information content (AvgIpc) is 3.03. The van der Waals surface area contributed by atoms with E-state index in [-0.39, 0.29) is 6.03 Å². The zero-order valence-corrected chi connectivity index (χ0v) is 16.3. The highest BCUT2D eigenvalue weighted by Crippen LogP contribution is 2.15. The Kier molecular flexibility index (Phi) is 6.26. The Bertz CT molecular complexity index is 905. The third-order valence-electron chi connectivity index (χ3n) is 4.40. The van der Waals surface area contributed by atoms with Gasteiger partial charge in [-0.2, -0.15) is 0 Å². The van der Waals surface area contributed by atoms with Crippen LogP contribution >= 0.6 is 0 Å². The van der Waals surface area contributed by atoms with Crippen LogP contribution in [0.1, 0.15) is 28.1 Å². The summed E-state index contributed by atoms with van der Waals surface area (Å²) in [5.74, 6) is 1.26. The van der Waals surface area contributed by atoms with Gasteiger partial charge in [-0.15, -0.1) is 0 Å². The second kappa shape index (κ2) is 9.03. The molecule has 0 atom stereocenters. The molecule has 2 amide bonds. The van der Waals surface area contributed by atoms with Gasteiger partial charge in [0, 0.05) is 31.4 Å². The molecule has 28 heavy (non-hydrogen) atoms. The fourth-order valence-electron chi connectivity index (χ4n) is 2.72. The maximum atomic E-state index is 12.4. The van der Waals surface area contributed by atoms with Crippen LogP contribution < -0.4 is 10.1 Å². The number of hydrogen-bond donors (Lipinski definition) is 1. The number of nitrogens with zero attached hydrogens (tertiary/aromatic N) is 3. The molecule has 7 heteroatoms. The SMILES string of the molecule is Cc1noc(C)c1CN(C)C(=O)NCc1ccnc(OCc2ccccc2)c1. The number of amides is 2. The van der Waals surface area contributed by atoms with E-state index in [4.69, 9.17) is 9.26 Å². The lowest BCUT2D eigenvalue weighted by Crippen LogP contribution is -2.36. The van der Waals surface area contributed by atoms with Crippen molar-refractivity contribution >= 4 is 6.03 Å². The van der Waals surface area contributed by atoms with Gasteiger partial charge in [0.15, 0.2) is 0 Å². The van der Waals surface area contributed by atoms with E-state index < -0.39 is 0 Å². The number of carbonyl (C=O) groups excluding carboxylic acids is 1. The van der Waals surface area contributed by atoms with Crippen molar-refractivity contribution in [3.05, 3.63) is 76.8 Å². The van der Waals surface area contributed by atoms with E-state index in [0.29, 0.717) is 25.6 Å². The molecule has 0 radical (unpaired) electrons. The number of urea groups is 1. The van der Waals surface area contributed by atoms with Crippen LogP contribution in [0, 0.1) is 13.8 Å². The second-order valence-electron chi connectivity index (χ2n) is 6.59. The van der Waals surface area contributed by atoms with Crippen molar-refractivity contribution in [2.75, 3.05) is 7.05 Å². The van der Waals surface area contributed by atoms with Crippen LogP contribution in [0.4, 0.5) is 4.79 Å². The highest BCUT2D eigenvalue weighted by molar-refractivity contribution is 5.73. The van der Waals surface area contributed by atoms with Gasteiger partial charge in [0.1, 0.15) is 12.4 Å². The Morgan fingerprint density at radius 1 is 1.18 bits per heavy atom. The maximum absolute atomic E-state index is 12.4. The van der Waals surface area contributed by atoms with E-state index in [1.165, 1.54) is 0 Å². The molecule has 0 aliphatic rings. The topological polar surface area (TPSA) is 80.5 Å². The Labute approximate surface area is 164 Å². The van der Waals surface area contributed by atoms with Gasteiger partial charge in [-0.05, 0) is 31.0 Å². The first-order valence-electron chi connectivity index (χ1n) is 9.05. The molecule has 1 N–H and O–H groups in total. The minimum absolute atomic E-state index is 0.177. The fourth-order valence-corrected chi connectivity index (χ4v) is 2.72. The summed E-state index contributed by atoms with van der Waals surface area (Å²) in [5, 5.41) is 6.82. The van der Waals surface area contributed by atoms with Crippen LogP contribution in [0.5, 0.6) is 5.88 Å². The van der Waals surface area contributed by atoms with Gasteiger partial charge >= 0.3 is 6.03 Å². The number of benzene rings is 1. The molecule has 2 aromatic heterocycles. The largest absolute Gasteiger partial charge is 0.473 e.